The van der Waals surface area contributed by atoms with Crippen LogP contribution in [0.3, 0.4) is 0 Å². The molecule has 6 nitrogen and oxygen atoms in total. The second-order valence-electron chi connectivity index (χ2n) is 9.03. The number of aryl methyl sites for hydroxylation is 1. The van der Waals surface area contributed by atoms with Crippen molar-refractivity contribution in [1.29, 1.82) is 0 Å². The van der Waals surface area contributed by atoms with E-state index in [-0.39, 0.29) is 17.5 Å². The smallest absolute Gasteiger partial charge is 0.212 e. The van der Waals surface area contributed by atoms with E-state index in [9.17, 15) is 18.1 Å². The zero-order chi connectivity index (χ0) is 27.3. The maximum Gasteiger partial charge on any atom is 0.212 e. The zero-order valence-electron chi connectivity index (χ0n) is 20.8. The molecule has 5 rings (SSSR count). The van der Waals surface area contributed by atoms with Gasteiger partial charge in [-0.3, -0.25) is 0 Å². The van der Waals surface area contributed by atoms with Crippen LogP contribution in [-0.2, 0) is 17.2 Å². The second-order valence-corrected chi connectivity index (χ2v) is 11.3. The van der Waals surface area contributed by atoms with E-state index in [1.54, 1.807) is 0 Å². The second kappa shape index (κ2) is 12.3. The van der Waals surface area contributed by atoms with Gasteiger partial charge in [0.05, 0.1) is 17.5 Å². The molecule has 1 N–H and O–H groups in total. The van der Waals surface area contributed by atoms with E-state index < -0.39 is 10.1 Å². The molecular weight excluding hydrogens is 543 g/mol. The molecule has 2 heterocycles. The summed E-state index contributed by atoms with van der Waals surface area (Å²) in [5.41, 5.74) is 4.64. The van der Waals surface area contributed by atoms with Gasteiger partial charge in [-0.1, -0.05) is 35.3 Å². The highest BCUT2D eigenvalue weighted by Gasteiger charge is 2.23. The van der Waals surface area contributed by atoms with Gasteiger partial charge < -0.3 is 14.6 Å². The fraction of sp³-hybridized carbons (Fsp3) is 0.207. The van der Waals surface area contributed by atoms with E-state index in [0.717, 1.165) is 46.6 Å². The van der Waals surface area contributed by atoms with Crippen LogP contribution >= 0.6 is 23.2 Å². The van der Waals surface area contributed by atoms with Crippen LogP contribution in [0.25, 0.3) is 23.1 Å². The number of anilines is 1. The number of rotatable bonds is 5. The number of aliphatic hydroxyl groups excluding tert-OH is 1. The third kappa shape index (κ3) is 6.92. The molecule has 0 bridgehead atoms. The molecule has 0 aliphatic carbocycles. The highest BCUT2D eigenvalue weighted by Crippen LogP contribution is 2.26. The van der Waals surface area contributed by atoms with Crippen molar-refractivity contribution in [2.75, 3.05) is 18.1 Å². The van der Waals surface area contributed by atoms with Crippen LogP contribution in [-0.4, -0.2) is 37.3 Å². The summed E-state index contributed by atoms with van der Waals surface area (Å²) in [4.78, 5) is 2.05. The zero-order valence-corrected chi connectivity index (χ0v) is 23.1. The van der Waals surface area contributed by atoms with E-state index >= 15 is 0 Å². The summed E-state index contributed by atoms with van der Waals surface area (Å²) in [6.45, 7) is 1.25. The largest absolute Gasteiger partial charge is 0.744 e. The molecular formula is C29H28Cl2N2O4S. The van der Waals surface area contributed by atoms with Gasteiger partial charge in [-0.2, -0.15) is 4.57 Å². The van der Waals surface area contributed by atoms with E-state index in [1.165, 1.54) is 30.0 Å². The average Bonchev–Trinajstić information content (AvgIpc) is 3.38. The van der Waals surface area contributed by atoms with Crippen molar-refractivity contribution in [2.45, 2.75) is 23.8 Å². The van der Waals surface area contributed by atoms with Gasteiger partial charge in [-0.25, -0.2) is 8.42 Å². The fourth-order valence-corrected chi connectivity index (χ4v) is 5.26. The molecule has 1 atom stereocenters. The first kappa shape index (κ1) is 28.1. The number of nitrogens with zero attached hydrogens (tertiary/aromatic N) is 2. The first-order valence-electron chi connectivity index (χ1n) is 12.1. The number of aliphatic hydroxyl groups is 1. The summed E-state index contributed by atoms with van der Waals surface area (Å²) < 4.78 is 33.2. The van der Waals surface area contributed by atoms with Gasteiger partial charge >= 0.3 is 0 Å². The van der Waals surface area contributed by atoms with E-state index in [1.807, 2.05) is 12.1 Å². The van der Waals surface area contributed by atoms with Crippen molar-refractivity contribution in [3.63, 3.8) is 0 Å². The molecule has 1 aliphatic rings. The molecule has 4 aromatic rings. The number of halogens is 2. The van der Waals surface area contributed by atoms with E-state index in [2.05, 4.69) is 71.1 Å². The number of aromatic nitrogens is 1. The fourth-order valence-electron chi connectivity index (χ4n) is 4.48. The monoisotopic (exact) mass is 570 g/mol. The topological polar surface area (TPSA) is 84.5 Å². The predicted molar refractivity (Wildman–Crippen MR) is 152 cm³/mol. The van der Waals surface area contributed by atoms with Crippen LogP contribution in [0, 0.1) is 0 Å². The lowest BCUT2D eigenvalue weighted by atomic mass is 10.1. The third-order valence-electron chi connectivity index (χ3n) is 6.53. The Morgan fingerprint density at radius 3 is 2.32 bits per heavy atom. The van der Waals surface area contributed by atoms with Gasteiger partial charge in [-0.05, 0) is 79.1 Å². The van der Waals surface area contributed by atoms with E-state index in [4.69, 9.17) is 23.2 Å². The molecule has 1 unspecified atom stereocenters. The van der Waals surface area contributed by atoms with Crippen molar-refractivity contribution in [2.24, 2.45) is 7.05 Å². The lowest BCUT2D eigenvalue weighted by molar-refractivity contribution is -0.646. The normalized spacial score (nSPS) is 15.6. The van der Waals surface area contributed by atoms with Crippen LogP contribution in [0.5, 0.6) is 0 Å². The molecule has 9 heteroatoms. The van der Waals surface area contributed by atoms with Crippen molar-refractivity contribution < 1.29 is 22.6 Å². The van der Waals surface area contributed by atoms with Gasteiger partial charge in [0.1, 0.15) is 17.2 Å². The molecule has 0 radical (unpaired) electrons. The molecule has 1 aromatic heterocycles. The lowest BCUT2D eigenvalue weighted by Gasteiger charge is -2.25. The molecule has 0 spiro atoms. The number of pyridine rings is 1. The molecule has 1 aliphatic heterocycles. The quantitative estimate of drug-likeness (QED) is 0.246. The first-order valence-corrected chi connectivity index (χ1v) is 14.3. The SMILES string of the molecule is C[n+]1c(C=Cc2ccc(N3CCCC3CO)cc2)ccc2cc(Cl)ccc21.O=S(=O)([O-])c1ccc(Cl)cc1. The van der Waals surface area contributed by atoms with Crippen molar-refractivity contribution in [3.05, 3.63) is 100 Å². The Hall–Kier alpha value is -2.94. The Kier molecular flexibility index (Phi) is 9.07. The molecule has 1 saturated heterocycles. The molecule has 198 valence electrons. The van der Waals surface area contributed by atoms with Crippen LogP contribution in [0.2, 0.25) is 10.0 Å². The highest BCUT2D eigenvalue weighted by atomic mass is 35.5. The van der Waals surface area contributed by atoms with Gasteiger partial charge in [-0.15, -0.1) is 0 Å². The molecule has 38 heavy (non-hydrogen) atoms. The summed E-state index contributed by atoms with van der Waals surface area (Å²) in [7, 11) is -2.26. The Labute approximate surface area is 233 Å². The summed E-state index contributed by atoms with van der Waals surface area (Å²) >= 11 is 11.6. The van der Waals surface area contributed by atoms with Gasteiger partial charge in [0, 0.05) is 45.9 Å². The number of fused-ring (bicyclic) bond motifs is 1. The Morgan fingerprint density at radius 2 is 1.66 bits per heavy atom. The Morgan fingerprint density at radius 1 is 0.974 bits per heavy atom. The molecule has 0 amide bonds. The Bertz CT molecular complexity index is 1540. The minimum atomic E-state index is -4.33. The molecule has 0 saturated carbocycles. The number of hydrogen-bond donors (Lipinski definition) is 1. The predicted octanol–water partition coefficient (Wildman–Crippen LogP) is 5.69. The summed E-state index contributed by atoms with van der Waals surface area (Å²) in [5.74, 6) is 0. The standard InChI is InChI=1S/C23H24ClN2O.C6H5ClO3S/c1-25-20(12-7-18-15-19(24)8-13-23(18)25)9-4-17-5-10-21(11-6-17)26-14-2-3-22(26)16-27;7-5-1-3-6(4-2-5)11(8,9)10/h4-13,15,22,27H,2-3,14,16H2,1H3;1-4H,(H,8,9,10)/q+1;/p-1. The van der Waals surface area contributed by atoms with Crippen molar-refractivity contribution >= 4 is 62.1 Å². The highest BCUT2D eigenvalue weighted by molar-refractivity contribution is 7.85. The van der Waals surface area contributed by atoms with Crippen molar-refractivity contribution in [1.82, 2.24) is 0 Å². The Balaban J connectivity index is 0.000000257. The van der Waals surface area contributed by atoms with Crippen molar-refractivity contribution in [3.8, 4) is 0 Å². The van der Waals surface area contributed by atoms with Gasteiger partial charge in [0.2, 0.25) is 11.2 Å². The third-order valence-corrected chi connectivity index (χ3v) is 7.87. The van der Waals surface area contributed by atoms with Gasteiger partial charge in [0.25, 0.3) is 0 Å². The first-order chi connectivity index (χ1) is 18.2. The van der Waals surface area contributed by atoms with Crippen LogP contribution in [0.4, 0.5) is 5.69 Å². The minimum absolute atomic E-state index is 0.228. The minimum Gasteiger partial charge on any atom is -0.744 e. The maximum atomic E-state index is 10.3. The summed E-state index contributed by atoms with van der Waals surface area (Å²) in [6.07, 6.45) is 6.49. The number of hydrogen-bond acceptors (Lipinski definition) is 5. The molecule has 3 aromatic carbocycles. The van der Waals surface area contributed by atoms with Crippen LogP contribution in [0.15, 0.2) is 83.8 Å². The molecule has 1 fully saturated rings. The van der Waals surface area contributed by atoms with E-state index in [0.29, 0.717) is 5.02 Å². The summed E-state index contributed by atoms with van der Waals surface area (Å²) in [6, 6.07) is 24.1. The number of benzene rings is 3. The van der Waals surface area contributed by atoms with Crippen LogP contribution < -0.4 is 9.47 Å². The summed E-state index contributed by atoms with van der Waals surface area (Å²) in [5, 5.41) is 11.8. The van der Waals surface area contributed by atoms with Crippen LogP contribution in [0.1, 0.15) is 24.1 Å². The van der Waals surface area contributed by atoms with Gasteiger partial charge in [0.15, 0.2) is 0 Å². The average molecular weight is 572 g/mol. The lowest BCUT2D eigenvalue weighted by Crippen LogP contribution is -2.32. The maximum absolute atomic E-state index is 10.3.